The quantitative estimate of drug-likeness (QED) is 0.688. The number of carbonyl (C=O) groups is 2. The molecule has 0 aromatic heterocycles. The zero-order valence-electron chi connectivity index (χ0n) is 17.7. The number of carbonyl (C=O) groups excluding carboxylic acids is 2. The molecule has 0 spiro atoms. The first-order valence-corrected chi connectivity index (χ1v) is 12.0. The Morgan fingerprint density at radius 1 is 1.13 bits per heavy atom. The summed E-state index contributed by atoms with van der Waals surface area (Å²) in [5.41, 5.74) is 0.189. The van der Waals surface area contributed by atoms with Crippen molar-refractivity contribution in [2.45, 2.75) is 51.0 Å². The fraction of sp³-hybridized carbons (Fsp3) is 0.619. The van der Waals surface area contributed by atoms with Gasteiger partial charge in [-0.05, 0) is 44.4 Å². The summed E-state index contributed by atoms with van der Waals surface area (Å²) in [5.74, 6) is -1.34. The zero-order valence-corrected chi connectivity index (χ0v) is 18.5. The van der Waals surface area contributed by atoms with Gasteiger partial charge in [0.05, 0.1) is 30.8 Å². The number of benzene rings is 1. The van der Waals surface area contributed by atoms with Gasteiger partial charge in [-0.3, -0.25) is 9.69 Å². The molecule has 0 bridgehead atoms. The van der Waals surface area contributed by atoms with Gasteiger partial charge in [-0.2, -0.15) is 0 Å². The lowest BCUT2D eigenvalue weighted by atomic mass is 9.91. The molecule has 0 radical (unpaired) electrons. The Labute approximate surface area is 177 Å². The highest BCUT2D eigenvalue weighted by Crippen LogP contribution is 2.26. The van der Waals surface area contributed by atoms with Gasteiger partial charge in [0.1, 0.15) is 5.54 Å². The number of methoxy groups -OCH3 is 1. The molecule has 0 saturated carbocycles. The van der Waals surface area contributed by atoms with Crippen molar-refractivity contribution in [3.8, 4) is 0 Å². The van der Waals surface area contributed by atoms with E-state index in [1.807, 2.05) is 12.1 Å². The third-order valence-electron chi connectivity index (χ3n) is 5.73. The second-order valence-corrected chi connectivity index (χ2v) is 10.6. The van der Waals surface area contributed by atoms with Crippen LogP contribution in [0.25, 0.3) is 0 Å². The number of morpholine rings is 1. The van der Waals surface area contributed by atoms with Crippen molar-refractivity contribution in [1.29, 1.82) is 0 Å². The van der Waals surface area contributed by atoms with Crippen LogP contribution in [0, 0.1) is 0 Å². The number of amides is 1. The molecule has 2 saturated heterocycles. The first kappa shape index (κ1) is 22.7. The summed E-state index contributed by atoms with van der Waals surface area (Å²) in [6.45, 7) is 6.60. The smallest absolute Gasteiger partial charge is 0.331 e. The molecule has 9 heteroatoms. The minimum Gasteiger partial charge on any atom is -0.467 e. The Kier molecular flexibility index (Phi) is 6.84. The minimum atomic E-state index is -3.20. The van der Waals surface area contributed by atoms with E-state index in [1.165, 1.54) is 7.11 Å². The molecule has 30 heavy (non-hydrogen) atoms. The molecular weight excluding hydrogens is 408 g/mol. The van der Waals surface area contributed by atoms with Crippen molar-refractivity contribution in [1.82, 2.24) is 10.2 Å². The molecule has 3 rings (SSSR count). The van der Waals surface area contributed by atoms with Crippen molar-refractivity contribution in [2.24, 2.45) is 0 Å². The van der Waals surface area contributed by atoms with E-state index in [0.29, 0.717) is 5.56 Å². The number of hydrogen-bond acceptors (Lipinski definition) is 7. The normalized spacial score (nSPS) is 26.0. The summed E-state index contributed by atoms with van der Waals surface area (Å²) in [5, 5.41) is 2.74. The highest BCUT2D eigenvalue weighted by molar-refractivity contribution is 7.91. The van der Waals surface area contributed by atoms with Gasteiger partial charge in [0.2, 0.25) is 0 Å². The zero-order chi connectivity index (χ0) is 21.9. The van der Waals surface area contributed by atoms with Crippen LogP contribution in [0.2, 0.25) is 0 Å². The van der Waals surface area contributed by atoms with Gasteiger partial charge in [0.25, 0.3) is 5.91 Å². The maximum Gasteiger partial charge on any atom is 0.331 e. The number of ether oxygens (including phenoxy) is 2. The number of sulfone groups is 1. The number of nitrogens with zero attached hydrogens (tertiary/aromatic N) is 1. The van der Waals surface area contributed by atoms with Gasteiger partial charge in [-0.1, -0.05) is 12.1 Å². The molecule has 2 aliphatic heterocycles. The van der Waals surface area contributed by atoms with Crippen LogP contribution in [0.4, 0.5) is 0 Å². The van der Waals surface area contributed by atoms with Gasteiger partial charge in [-0.25, -0.2) is 13.2 Å². The van der Waals surface area contributed by atoms with E-state index in [0.717, 1.165) is 25.2 Å². The molecular formula is C21H30N2O6S. The van der Waals surface area contributed by atoms with E-state index < -0.39 is 27.3 Å². The molecule has 2 heterocycles. The molecule has 1 N–H and O–H groups in total. The second kappa shape index (κ2) is 9.03. The van der Waals surface area contributed by atoms with E-state index in [2.05, 4.69) is 24.1 Å². The van der Waals surface area contributed by atoms with Gasteiger partial charge in [-0.15, -0.1) is 0 Å². The lowest BCUT2D eigenvalue weighted by Crippen LogP contribution is -2.58. The Balaban J connectivity index is 1.66. The number of nitrogens with one attached hydrogen (secondary N) is 1. The van der Waals surface area contributed by atoms with Crippen LogP contribution in [0.5, 0.6) is 0 Å². The van der Waals surface area contributed by atoms with Crippen LogP contribution >= 0.6 is 0 Å². The van der Waals surface area contributed by atoms with E-state index >= 15 is 0 Å². The first-order valence-electron chi connectivity index (χ1n) is 10.2. The molecule has 1 aromatic carbocycles. The molecule has 0 unspecified atom stereocenters. The average Bonchev–Trinajstić information content (AvgIpc) is 2.69. The highest BCUT2D eigenvalue weighted by Gasteiger charge is 2.45. The Hall–Kier alpha value is -1.97. The summed E-state index contributed by atoms with van der Waals surface area (Å²) < 4.78 is 34.2. The van der Waals surface area contributed by atoms with Crippen LogP contribution in [0.3, 0.4) is 0 Å². The van der Waals surface area contributed by atoms with Crippen LogP contribution < -0.4 is 5.32 Å². The Morgan fingerprint density at radius 2 is 1.70 bits per heavy atom. The van der Waals surface area contributed by atoms with E-state index in [1.54, 1.807) is 12.1 Å². The maximum atomic E-state index is 12.8. The van der Waals surface area contributed by atoms with Gasteiger partial charge in [0, 0.05) is 25.2 Å². The predicted octanol–water partition coefficient (Wildman–Crippen LogP) is 1.15. The fourth-order valence-corrected chi connectivity index (χ4v) is 5.71. The molecule has 1 aromatic rings. The van der Waals surface area contributed by atoms with Crippen molar-refractivity contribution < 1.29 is 27.5 Å². The monoisotopic (exact) mass is 438 g/mol. The molecule has 8 nitrogen and oxygen atoms in total. The maximum absolute atomic E-state index is 12.8. The van der Waals surface area contributed by atoms with Crippen molar-refractivity contribution in [2.75, 3.05) is 31.7 Å². The first-order chi connectivity index (χ1) is 14.1. The van der Waals surface area contributed by atoms with E-state index in [-0.39, 0.29) is 36.6 Å². The number of hydrogen-bond donors (Lipinski definition) is 1. The number of rotatable bonds is 5. The van der Waals surface area contributed by atoms with Crippen molar-refractivity contribution >= 4 is 21.7 Å². The predicted molar refractivity (Wildman–Crippen MR) is 112 cm³/mol. The second-order valence-electron chi connectivity index (χ2n) is 8.33. The highest BCUT2D eigenvalue weighted by atomic mass is 32.2. The fourth-order valence-electron chi connectivity index (χ4n) is 4.18. The Bertz CT molecular complexity index is 859. The molecule has 2 aliphatic rings. The topological polar surface area (TPSA) is 102 Å². The molecule has 2 atom stereocenters. The summed E-state index contributed by atoms with van der Waals surface area (Å²) in [4.78, 5) is 27.5. The SMILES string of the molecule is COC(=O)C1(NC(=O)c2ccc(CN3C[C@H](C)O[C@@H](C)C3)cc2)CCS(=O)(=O)CC1. The third kappa shape index (κ3) is 5.39. The lowest BCUT2D eigenvalue weighted by Gasteiger charge is -2.35. The largest absolute Gasteiger partial charge is 0.467 e. The van der Waals surface area contributed by atoms with E-state index in [4.69, 9.17) is 9.47 Å². The number of esters is 1. The van der Waals surface area contributed by atoms with E-state index in [9.17, 15) is 18.0 Å². The summed E-state index contributed by atoms with van der Waals surface area (Å²) in [6.07, 6.45) is 0.401. The average molecular weight is 439 g/mol. The standard InChI is InChI=1S/C21H30N2O6S/c1-15-12-23(13-16(2)29-15)14-17-4-6-18(7-5-17)19(24)22-21(20(25)28-3)8-10-30(26,27)11-9-21/h4-7,15-16H,8-14H2,1-3H3,(H,22,24)/t15-,16-/m0/s1. The van der Waals surface area contributed by atoms with Crippen LogP contribution in [-0.4, -0.2) is 74.6 Å². The van der Waals surface area contributed by atoms with Crippen LogP contribution in [0.1, 0.15) is 42.6 Å². The van der Waals surface area contributed by atoms with Gasteiger partial charge >= 0.3 is 5.97 Å². The minimum absolute atomic E-state index is 0.0131. The molecule has 2 fully saturated rings. The van der Waals surface area contributed by atoms with Crippen LogP contribution in [-0.2, 0) is 30.7 Å². The van der Waals surface area contributed by atoms with Gasteiger partial charge in [0.15, 0.2) is 9.84 Å². The van der Waals surface area contributed by atoms with Crippen LogP contribution in [0.15, 0.2) is 24.3 Å². The molecule has 0 aliphatic carbocycles. The van der Waals surface area contributed by atoms with Crippen molar-refractivity contribution in [3.63, 3.8) is 0 Å². The lowest BCUT2D eigenvalue weighted by molar-refractivity contribution is -0.148. The summed E-state index contributed by atoms with van der Waals surface area (Å²) in [7, 11) is -1.96. The summed E-state index contributed by atoms with van der Waals surface area (Å²) in [6, 6.07) is 7.25. The van der Waals surface area contributed by atoms with Gasteiger partial charge < -0.3 is 14.8 Å². The molecule has 166 valence electrons. The third-order valence-corrected chi connectivity index (χ3v) is 7.38. The molecule has 1 amide bonds. The summed E-state index contributed by atoms with van der Waals surface area (Å²) >= 11 is 0. The Morgan fingerprint density at radius 3 is 2.23 bits per heavy atom. The van der Waals surface area contributed by atoms with Crippen molar-refractivity contribution in [3.05, 3.63) is 35.4 Å².